The first-order chi connectivity index (χ1) is 9.25. The summed E-state index contributed by atoms with van der Waals surface area (Å²) < 4.78 is 5.87. The summed E-state index contributed by atoms with van der Waals surface area (Å²) in [6.45, 7) is 1.63. The zero-order chi connectivity index (χ0) is 13.2. The number of nitrogens with one attached hydrogen (secondary N) is 1. The molecule has 1 aliphatic carbocycles. The Balaban J connectivity index is 1.87. The number of nitrogens with two attached hydrogens (primary N) is 1. The summed E-state index contributed by atoms with van der Waals surface area (Å²) in [4.78, 5) is 6.79. The first-order valence-electron chi connectivity index (χ1n) is 6.94. The highest BCUT2D eigenvalue weighted by Gasteiger charge is 2.34. The molecule has 3 rings (SSSR count). The molecular weight excluding hydrogens is 240 g/mol. The summed E-state index contributed by atoms with van der Waals surface area (Å²) in [5, 5.41) is 7.53. The van der Waals surface area contributed by atoms with Gasteiger partial charge in [0.2, 0.25) is 0 Å². The van der Waals surface area contributed by atoms with Crippen LogP contribution in [0.25, 0.3) is 0 Å². The third-order valence-electron chi connectivity index (χ3n) is 4.08. The quantitative estimate of drug-likeness (QED) is 0.624. The highest BCUT2D eigenvalue weighted by atomic mass is 16.5. The summed E-state index contributed by atoms with van der Waals surface area (Å²) >= 11 is 0. The molecule has 2 aliphatic rings. The number of rotatable bonds is 2. The number of anilines is 1. The Morgan fingerprint density at radius 2 is 2.26 bits per heavy atom. The molecule has 2 unspecified atom stereocenters. The van der Waals surface area contributed by atoms with Gasteiger partial charge in [-0.2, -0.15) is 0 Å². The number of hydrogen-bond acceptors (Lipinski definition) is 4. The number of pyridine rings is 1. The van der Waals surface area contributed by atoms with Gasteiger partial charge in [-0.25, -0.2) is 4.98 Å². The van der Waals surface area contributed by atoms with Gasteiger partial charge in [-0.3, -0.25) is 5.41 Å². The molecule has 1 aliphatic heterocycles. The van der Waals surface area contributed by atoms with E-state index in [4.69, 9.17) is 15.9 Å². The minimum Gasteiger partial charge on any atom is -0.384 e. The molecule has 5 heteroatoms. The number of amidine groups is 1. The van der Waals surface area contributed by atoms with Crippen LogP contribution in [-0.4, -0.2) is 36.1 Å². The standard InChI is InChI=1S/C14H20N4O/c15-14(16)10-5-6-17-13(9-10)18-7-8-19-12-4-2-1-3-11(12)18/h5-6,9,11-12H,1-4,7-8H2,(H3,15,16). The normalized spacial score (nSPS) is 26.8. The number of hydrogen-bond donors (Lipinski definition) is 2. The van der Waals surface area contributed by atoms with Crippen LogP contribution in [0, 0.1) is 5.41 Å². The predicted molar refractivity (Wildman–Crippen MR) is 74.6 cm³/mol. The van der Waals surface area contributed by atoms with E-state index in [0.717, 1.165) is 37.4 Å². The van der Waals surface area contributed by atoms with E-state index in [1.54, 1.807) is 12.3 Å². The van der Waals surface area contributed by atoms with E-state index in [9.17, 15) is 0 Å². The van der Waals surface area contributed by atoms with Crippen molar-refractivity contribution >= 4 is 11.7 Å². The second-order valence-electron chi connectivity index (χ2n) is 5.27. The number of nitrogens with zero attached hydrogens (tertiary/aromatic N) is 2. The summed E-state index contributed by atoms with van der Waals surface area (Å²) in [5.74, 6) is 1.02. The van der Waals surface area contributed by atoms with Gasteiger partial charge < -0.3 is 15.4 Å². The Bertz CT molecular complexity index is 474. The van der Waals surface area contributed by atoms with E-state index in [1.807, 2.05) is 6.07 Å². The van der Waals surface area contributed by atoms with Crippen molar-refractivity contribution in [3.05, 3.63) is 23.9 Å². The molecule has 2 heterocycles. The van der Waals surface area contributed by atoms with Crippen LogP contribution in [0.3, 0.4) is 0 Å². The Morgan fingerprint density at radius 3 is 3.11 bits per heavy atom. The lowest BCUT2D eigenvalue weighted by atomic mass is 9.90. The van der Waals surface area contributed by atoms with Crippen LogP contribution in [0.15, 0.2) is 18.3 Å². The van der Waals surface area contributed by atoms with Crippen molar-refractivity contribution in [1.29, 1.82) is 5.41 Å². The molecule has 0 aromatic carbocycles. The summed E-state index contributed by atoms with van der Waals surface area (Å²) in [6, 6.07) is 4.13. The van der Waals surface area contributed by atoms with Gasteiger partial charge in [0.1, 0.15) is 11.7 Å². The maximum absolute atomic E-state index is 7.53. The summed E-state index contributed by atoms with van der Waals surface area (Å²) in [7, 11) is 0. The third kappa shape index (κ3) is 2.42. The fourth-order valence-electron chi connectivity index (χ4n) is 3.12. The van der Waals surface area contributed by atoms with Crippen LogP contribution in [0.2, 0.25) is 0 Å². The van der Waals surface area contributed by atoms with Gasteiger partial charge in [-0.15, -0.1) is 0 Å². The summed E-state index contributed by atoms with van der Waals surface area (Å²) in [6.07, 6.45) is 6.90. The third-order valence-corrected chi connectivity index (χ3v) is 4.08. The molecule has 0 bridgehead atoms. The van der Waals surface area contributed by atoms with Crippen LogP contribution in [0.5, 0.6) is 0 Å². The second-order valence-corrected chi connectivity index (χ2v) is 5.27. The highest BCUT2D eigenvalue weighted by molar-refractivity contribution is 5.95. The van der Waals surface area contributed by atoms with Crippen LogP contribution in [-0.2, 0) is 4.74 Å². The van der Waals surface area contributed by atoms with Crippen molar-refractivity contribution in [1.82, 2.24) is 4.98 Å². The van der Waals surface area contributed by atoms with E-state index < -0.39 is 0 Å². The molecule has 5 nitrogen and oxygen atoms in total. The monoisotopic (exact) mass is 260 g/mol. The molecular formula is C14H20N4O. The van der Waals surface area contributed by atoms with Crippen LogP contribution in [0.1, 0.15) is 31.2 Å². The van der Waals surface area contributed by atoms with Gasteiger partial charge in [0.25, 0.3) is 0 Å². The van der Waals surface area contributed by atoms with Gasteiger partial charge >= 0.3 is 0 Å². The van der Waals surface area contributed by atoms with Crippen LogP contribution >= 0.6 is 0 Å². The second kappa shape index (κ2) is 5.17. The number of fused-ring (bicyclic) bond motifs is 1. The van der Waals surface area contributed by atoms with Crippen molar-refractivity contribution in [3.63, 3.8) is 0 Å². The fourth-order valence-corrected chi connectivity index (χ4v) is 3.12. The SMILES string of the molecule is N=C(N)c1ccnc(N2CCOC3CCCCC32)c1. The Kier molecular flexibility index (Phi) is 3.38. The predicted octanol–water partition coefficient (Wildman–Crippen LogP) is 1.51. The average Bonchev–Trinajstić information content (AvgIpc) is 2.47. The summed E-state index contributed by atoms with van der Waals surface area (Å²) in [5.41, 5.74) is 6.30. The van der Waals surface area contributed by atoms with Gasteiger partial charge in [-0.1, -0.05) is 12.8 Å². The van der Waals surface area contributed by atoms with Crippen LogP contribution < -0.4 is 10.6 Å². The lowest BCUT2D eigenvalue weighted by molar-refractivity contribution is -0.00898. The van der Waals surface area contributed by atoms with E-state index in [0.29, 0.717) is 12.1 Å². The Labute approximate surface area is 113 Å². The first-order valence-corrected chi connectivity index (χ1v) is 6.94. The Morgan fingerprint density at radius 1 is 1.42 bits per heavy atom. The zero-order valence-electron chi connectivity index (χ0n) is 11.0. The van der Waals surface area contributed by atoms with E-state index >= 15 is 0 Å². The fraction of sp³-hybridized carbons (Fsp3) is 0.571. The average molecular weight is 260 g/mol. The largest absolute Gasteiger partial charge is 0.384 e. The molecule has 1 aromatic rings. The van der Waals surface area contributed by atoms with Crippen LogP contribution in [0.4, 0.5) is 5.82 Å². The van der Waals surface area contributed by atoms with Gasteiger partial charge in [-0.05, 0) is 25.0 Å². The van der Waals surface area contributed by atoms with Gasteiger partial charge in [0, 0.05) is 18.3 Å². The molecule has 0 spiro atoms. The molecule has 2 fully saturated rings. The molecule has 1 saturated carbocycles. The van der Waals surface area contributed by atoms with E-state index in [-0.39, 0.29) is 5.84 Å². The van der Waals surface area contributed by atoms with Gasteiger partial charge in [0.05, 0.1) is 18.8 Å². The van der Waals surface area contributed by atoms with Crippen molar-refractivity contribution in [3.8, 4) is 0 Å². The molecule has 102 valence electrons. The lowest BCUT2D eigenvalue weighted by Crippen LogP contribution is -2.53. The molecule has 3 N–H and O–H groups in total. The lowest BCUT2D eigenvalue weighted by Gasteiger charge is -2.44. The molecule has 1 aromatic heterocycles. The highest BCUT2D eigenvalue weighted by Crippen LogP contribution is 2.31. The molecule has 0 amide bonds. The number of ether oxygens (including phenoxy) is 1. The van der Waals surface area contributed by atoms with E-state index in [1.165, 1.54) is 12.8 Å². The number of morpholine rings is 1. The first kappa shape index (κ1) is 12.4. The van der Waals surface area contributed by atoms with Crippen molar-refractivity contribution in [2.24, 2.45) is 5.73 Å². The maximum atomic E-state index is 7.53. The van der Waals surface area contributed by atoms with E-state index in [2.05, 4.69) is 9.88 Å². The van der Waals surface area contributed by atoms with Gasteiger partial charge in [0.15, 0.2) is 0 Å². The minimum atomic E-state index is 0.0945. The Hall–Kier alpha value is -1.62. The van der Waals surface area contributed by atoms with Crippen molar-refractivity contribution in [2.45, 2.75) is 37.8 Å². The smallest absolute Gasteiger partial charge is 0.129 e. The minimum absolute atomic E-state index is 0.0945. The number of nitrogen functional groups attached to an aromatic ring is 1. The molecule has 19 heavy (non-hydrogen) atoms. The topological polar surface area (TPSA) is 75.2 Å². The van der Waals surface area contributed by atoms with Crippen molar-refractivity contribution < 1.29 is 4.74 Å². The molecule has 1 saturated heterocycles. The van der Waals surface area contributed by atoms with Crippen molar-refractivity contribution in [2.75, 3.05) is 18.1 Å². The molecule has 2 atom stereocenters. The maximum Gasteiger partial charge on any atom is 0.129 e. The molecule has 0 radical (unpaired) electrons. The number of aromatic nitrogens is 1. The zero-order valence-corrected chi connectivity index (χ0v) is 11.0.